The molecule has 2 heterocycles. The summed E-state index contributed by atoms with van der Waals surface area (Å²) in [5, 5.41) is 0. The second-order valence-corrected chi connectivity index (χ2v) is 8.12. The molecular weight excluding hydrogens is 241 g/mol. The van der Waals surface area contributed by atoms with Crippen molar-refractivity contribution >= 4 is 8.30 Å². The fourth-order valence-corrected chi connectivity index (χ4v) is 5.74. The van der Waals surface area contributed by atoms with Gasteiger partial charge in [0.2, 0.25) is 0 Å². The largest absolute Gasteiger partial charge is 0.331 e. The lowest BCUT2D eigenvalue weighted by atomic mass is 9.87. The molecule has 1 aromatic rings. The van der Waals surface area contributed by atoms with Gasteiger partial charge in [0.05, 0.1) is 0 Å². The normalized spacial score (nSPS) is 36.2. The first-order chi connectivity index (χ1) is 8.63. The SMILES string of the molecule is CC(C)P1O[C@@](C)(c2ccccc2)[C@H]2CCCN21. The molecule has 1 aromatic carbocycles. The zero-order valence-electron chi connectivity index (χ0n) is 11.5. The second-order valence-electron chi connectivity index (χ2n) is 5.78. The first-order valence-corrected chi connectivity index (χ1v) is 8.21. The van der Waals surface area contributed by atoms with Gasteiger partial charge in [0, 0.05) is 18.2 Å². The first-order valence-electron chi connectivity index (χ1n) is 6.93. The summed E-state index contributed by atoms with van der Waals surface area (Å²) in [6.07, 6.45) is 2.60. The van der Waals surface area contributed by atoms with E-state index >= 15 is 0 Å². The molecule has 1 unspecified atom stereocenters. The highest BCUT2D eigenvalue weighted by atomic mass is 31.2. The van der Waals surface area contributed by atoms with Gasteiger partial charge in [-0.1, -0.05) is 44.2 Å². The first kappa shape index (κ1) is 12.6. The van der Waals surface area contributed by atoms with E-state index in [1.54, 1.807) is 0 Å². The smallest absolute Gasteiger partial charge is 0.112 e. The zero-order chi connectivity index (χ0) is 12.8. The summed E-state index contributed by atoms with van der Waals surface area (Å²) in [4.78, 5) is 0. The van der Waals surface area contributed by atoms with Gasteiger partial charge in [-0.2, -0.15) is 0 Å². The maximum atomic E-state index is 6.55. The molecule has 2 aliphatic heterocycles. The Kier molecular flexibility index (Phi) is 3.21. The van der Waals surface area contributed by atoms with Crippen LogP contribution in [0.15, 0.2) is 30.3 Å². The molecule has 18 heavy (non-hydrogen) atoms. The van der Waals surface area contributed by atoms with Crippen LogP contribution in [0, 0.1) is 0 Å². The molecule has 0 N–H and O–H groups in total. The quantitative estimate of drug-likeness (QED) is 0.744. The minimum Gasteiger partial charge on any atom is -0.331 e. The number of nitrogens with zero attached hydrogens (tertiary/aromatic N) is 1. The van der Waals surface area contributed by atoms with E-state index in [1.807, 2.05) is 0 Å². The average molecular weight is 263 g/mol. The van der Waals surface area contributed by atoms with E-state index in [4.69, 9.17) is 4.52 Å². The Morgan fingerprint density at radius 3 is 2.72 bits per heavy atom. The summed E-state index contributed by atoms with van der Waals surface area (Å²) < 4.78 is 9.20. The second kappa shape index (κ2) is 4.59. The van der Waals surface area contributed by atoms with Gasteiger partial charge in [-0.05, 0) is 25.3 Å². The highest BCUT2D eigenvalue weighted by Crippen LogP contribution is 2.64. The highest BCUT2D eigenvalue weighted by molar-refractivity contribution is 7.51. The molecular formula is C15H22NOP. The molecule has 3 rings (SSSR count). The maximum absolute atomic E-state index is 6.55. The van der Waals surface area contributed by atoms with E-state index in [9.17, 15) is 0 Å². The third kappa shape index (κ3) is 1.82. The number of fused-ring (bicyclic) bond motifs is 1. The summed E-state index contributed by atoms with van der Waals surface area (Å²) in [6.45, 7) is 8.09. The van der Waals surface area contributed by atoms with Crippen LogP contribution in [0.1, 0.15) is 39.2 Å². The Bertz CT molecular complexity index is 422. The van der Waals surface area contributed by atoms with Crippen molar-refractivity contribution in [2.75, 3.05) is 6.54 Å². The molecule has 0 aromatic heterocycles. The van der Waals surface area contributed by atoms with E-state index in [2.05, 4.69) is 55.8 Å². The van der Waals surface area contributed by atoms with Crippen molar-refractivity contribution in [3.05, 3.63) is 35.9 Å². The average Bonchev–Trinajstić information content (AvgIpc) is 2.94. The van der Waals surface area contributed by atoms with Crippen molar-refractivity contribution in [2.24, 2.45) is 0 Å². The molecule has 0 aliphatic carbocycles. The summed E-state index contributed by atoms with van der Waals surface area (Å²) in [5.74, 6) is 0. The molecule has 2 nitrogen and oxygen atoms in total. The standard InChI is InChI=1S/C15H22NOP/c1-12(2)18-16-11-7-10-14(16)15(3,17-18)13-8-5-4-6-9-13/h4-6,8-9,12,14H,7,10-11H2,1-3H3/t14-,15+,18?/m1/s1. The van der Waals surface area contributed by atoms with Crippen LogP contribution in [0.25, 0.3) is 0 Å². The van der Waals surface area contributed by atoms with E-state index in [-0.39, 0.29) is 5.60 Å². The third-order valence-corrected chi connectivity index (χ3v) is 6.62. The number of benzene rings is 1. The number of hydrogen-bond donors (Lipinski definition) is 0. The van der Waals surface area contributed by atoms with Crippen LogP contribution in [0.2, 0.25) is 0 Å². The van der Waals surface area contributed by atoms with Crippen molar-refractivity contribution < 1.29 is 4.52 Å². The molecule has 3 atom stereocenters. The van der Waals surface area contributed by atoms with Gasteiger partial charge in [0.25, 0.3) is 0 Å². The Hall–Kier alpha value is -0.430. The molecule has 0 amide bonds. The predicted octanol–water partition coefficient (Wildman–Crippen LogP) is 4.12. The maximum Gasteiger partial charge on any atom is 0.112 e. The van der Waals surface area contributed by atoms with Gasteiger partial charge in [-0.25, -0.2) is 0 Å². The van der Waals surface area contributed by atoms with Crippen molar-refractivity contribution in [1.82, 2.24) is 4.67 Å². The fourth-order valence-electron chi connectivity index (χ4n) is 3.27. The number of rotatable bonds is 2. The molecule has 0 saturated carbocycles. The van der Waals surface area contributed by atoms with Gasteiger partial charge >= 0.3 is 0 Å². The van der Waals surface area contributed by atoms with Crippen molar-refractivity contribution in [3.8, 4) is 0 Å². The minimum atomic E-state index is -0.423. The van der Waals surface area contributed by atoms with Gasteiger partial charge < -0.3 is 4.52 Å². The third-order valence-electron chi connectivity index (χ3n) is 4.19. The van der Waals surface area contributed by atoms with Crippen LogP contribution in [0.3, 0.4) is 0 Å². The lowest BCUT2D eigenvalue weighted by molar-refractivity contribution is 0.0879. The predicted molar refractivity (Wildman–Crippen MR) is 76.7 cm³/mol. The van der Waals surface area contributed by atoms with E-state index < -0.39 is 8.30 Å². The lowest BCUT2D eigenvalue weighted by Gasteiger charge is -2.29. The topological polar surface area (TPSA) is 12.5 Å². The monoisotopic (exact) mass is 263 g/mol. The van der Waals surface area contributed by atoms with Crippen molar-refractivity contribution in [1.29, 1.82) is 0 Å². The van der Waals surface area contributed by atoms with Gasteiger partial charge in [0.15, 0.2) is 0 Å². The fraction of sp³-hybridized carbons (Fsp3) is 0.600. The summed E-state index contributed by atoms with van der Waals surface area (Å²) in [5.41, 5.74) is 1.85. The van der Waals surface area contributed by atoms with Crippen LogP contribution in [-0.2, 0) is 10.1 Å². The van der Waals surface area contributed by atoms with Gasteiger partial charge in [-0.3, -0.25) is 4.67 Å². The molecule has 3 heteroatoms. The Labute approximate surface area is 111 Å². The Balaban J connectivity index is 1.97. The van der Waals surface area contributed by atoms with Crippen LogP contribution < -0.4 is 0 Å². The van der Waals surface area contributed by atoms with Crippen LogP contribution in [-0.4, -0.2) is 22.9 Å². The Morgan fingerprint density at radius 2 is 2.06 bits per heavy atom. The molecule has 2 aliphatic rings. The molecule has 2 fully saturated rings. The summed E-state index contributed by atoms with van der Waals surface area (Å²) >= 11 is 0. The zero-order valence-corrected chi connectivity index (χ0v) is 12.4. The minimum absolute atomic E-state index is 0.103. The van der Waals surface area contributed by atoms with Crippen LogP contribution in [0.4, 0.5) is 0 Å². The number of hydrogen-bond acceptors (Lipinski definition) is 2. The molecule has 2 saturated heterocycles. The summed E-state index contributed by atoms with van der Waals surface area (Å²) in [7, 11) is -0.423. The van der Waals surface area contributed by atoms with Crippen LogP contribution >= 0.6 is 8.30 Å². The van der Waals surface area contributed by atoms with E-state index in [1.165, 1.54) is 24.9 Å². The van der Waals surface area contributed by atoms with E-state index in [0.29, 0.717) is 11.7 Å². The summed E-state index contributed by atoms with van der Waals surface area (Å²) in [6, 6.07) is 11.3. The molecule has 98 valence electrons. The lowest BCUT2D eigenvalue weighted by Crippen LogP contribution is -2.36. The Morgan fingerprint density at radius 1 is 1.33 bits per heavy atom. The van der Waals surface area contributed by atoms with E-state index in [0.717, 1.165) is 0 Å². The molecule has 0 radical (unpaired) electrons. The highest BCUT2D eigenvalue weighted by Gasteiger charge is 2.54. The molecule has 0 bridgehead atoms. The molecule has 0 spiro atoms. The van der Waals surface area contributed by atoms with Crippen molar-refractivity contribution in [3.63, 3.8) is 0 Å². The van der Waals surface area contributed by atoms with Crippen LogP contribution in [0.5, 0.6) is 0 Å². The van der Waals surface area contributed by atoms with Gasteiger partial charge in [0.1, 0.15) is 13.9 Å². The van der Waals surface area contributed by atoms with Gasteiger partial charge in [-0.15, -0.1) is 0 Å². The van der Waals surface area contributed by atoms with Crippen molar-refractivity contribution in [2.45, 2.75) is 50.9 Å².